The molecule has 1 N–H and O–H groups in total. The average Bonchev–Trinajstić information content (AvgIpc) is 2.40. The van der Waals surface area contributed by atoms with E-state index >= 15 is 0 Å². The lowest BCUT2D eigenvalue weighted by Gasteiger charge is -2.03. The monoisotopic (exact) mass is 325 g/mol. The maximum Gasteiger partial charge on any atom is 0.348 e. The molecule has 0 fully saturated rings. The molecular weight excluding hydrogens is 314 g/mol. The zero-order valence-corrected chi connectivity index (χ0v) is 11.8. The molecule has 5 nitrogen and oxygen atoms in total. The Balaban J connectivity index is 2.84. The molecule has 0 aliphatic rings. The summed E-state index contributed by atoms with van der Waals surface area (Å²) in [6.07, 6.45) is 1.39. The van der Waals surface area contributed by atoms with E-state index < -0.39 is 5.97 Å². The van der Waals surface area contributed by atoms with Crippen LogP contribution in [0, 0.1) is 11.3 Å². The number of phenols is 1. The van der Waals surface area contributed by atoms with Gasteiger partial charge in [0.05, 0.1) is 11.1 Å². The Kier molecular flexibility index (Phi) is 6.06. The Bertz CT molecular complexity index is 534. The van der Waals surface area contributed by atoms with Gasteiger partial charge in [-0.15, -0.1) is 0 Å². The largest absolute Gasteiger partial charge is 0.507 e. The van der Waals surface area contributed by atoms with E-state index in [1.54, 1.807) is 18.2 Å². The standard InChI is InChI=1S/C13H12BrNO4/c1-18-4-5-19-13(17)10(8-15)6-9-2-3-12(16)11(14)7-9/h2-3,6-7,16H,4-5H2,1H3. The molecule has 0 bridgehead atoms. The van der Waals surface area contributed by atoms with Gasteiger partial charge in [0.25, 0.3) is 0 Å². The van der Waals surface area contributed by atoms with Crippen LogP contribution in [0.1, 0.15) is 5.56 Å². The summed E-state index contributed by atoms with van der Waals surface area (Å²) in [4.78, 5) is 11.6. The van der Waals surface area contributed by atoms with Gasteiger partial charge < -0.3 is 14.6 Å². The zero-order valence-electron chi connectivity index (χ0n) is 10.2. The second-order valence-electron chi connectivity index (χ2n) is 3.51. The Hall–Kier alpha value is -1.84. The summed E-state index contributed by atoms with van der Waals surface area (Å²) in [5.41, 5.74) is 0.485. The fraction of sp³-hybridized carbons (Fsp3) is 0.231. The molecule has 19 heavy (non-hydrogen) atoms. The normalized spacial score (nSPS) is 10.9. The van der Waals surface area contributed by atoms with E-state index in [0.717, 1.165) is 0 Å². The second kappa shape index (κ2) is 7.56. The van der Waals surface area contributed by atoms with Crippen molar-refractivity contribution in [3.05, 3.63) is 33.8 Å². The number of carbonyl (C=O) groups is 1. The lowest BCUT2D eigenvalue weighted by molar-refractivity contribution is -0.139. The van der Waals surface area contributed by atoms with Crippen LogP contribution < -0.4 is 0 Å². The number of phenolic OH excluding ortho intramolecular Hbond substituents is 1. The molecule has 1 aromatic carbocycles. The molecule has 1 rings (SSSR count). The number of esters is 1. The highest BCUT2D eigenvalue weighted by atomic mass is 79.9. The first-order valence-electron chi connectivity index (χ1n) is 5.35. The number of hydrogen-bond donors (Lipinski definition) is 1. The lowest BCUT2D eigenvalue weighted by Crippen LogP contribution is -2.11. The van der Waals surface area contributed by atoms with Crippen LogP contribution in [-0.4, -0.2) is 31.4 Å². The number of hydrogen-bond acceptors (Lipinski definition) is 5. The van der Waals surface area contributed by atoms with Crippen LogP contribution in [-0.2, 0) is 14.3 Å². The van der Waals surface area contributed by atoms with Crippen LogP contribution in [0.25, 0.3) is 6.08 Å². The number of carbonyl (C=O) groups excluding carboxylic acids is 1. The van der Waals surface area contributed by atoms with Gasteiger partial charge in [0.2, 0.25) is 0 Å². The van der Waals surface area contributed by atoms with Crippen molar-refractivity contribution in [3.63, 3.8) is 0 Å². The minimum Gasteiger partial charge on any atom is -0.507 e. The minimum atomic E-state index is -0.705. The van der Waals surface area contributed by atoms with E-state index in [2.05, 4.69) is 15.9 Å². The van der Waals surface area contributed by atoms with Crippen molar-refractivity contribution in [3.8, 4) is 11.8 Å². The van der Waals surface area contributed by atoms with Crippen molar-refractivity contribution in [2.75, 3.05) is 20.3 Å². The third kappa shape index (κ3) is 4.73. The van der Waals surface area contributed by atoms with Crippen LogP contribution in [0.15, 0.2) is 28.2 Å². The molecule has 6 heteroatoms. The third-order valence-corrected chi connectivity index (χ3v) is 2.78. The SMILES string of the molecule is COCCOC(=O)C(C#N)=Cc1ccc(O)c(Br)c1. The highest BCUT2D eigenvalue weighted by Crippen LogP contribution is 2.25. The highest BCUT2D eigenvalue weighted by molar-refractivity contribution is 9.10. The van der Waals surface area contributed by atoms with Crippen molar-refractivity contribution in [1.29, 1.82) is 5.26 Å². The average molecular weight is 326 g/mol. The fourth-order valence-corrected chi connectivity index (χ4v) is 1.61. The number of rotatable bonds is 5. The molecule has 1 aromatic rings. The molecule has 0 aliphatic heterocycles. The smallest absolute Gasteiger partial charge is 0.348 e. The number of halogens is 1. The van der Waals surface area contributed by atoms with Crippen molar-refractivity contribution in [2.24, 2.45) is 0 Å². The number of ether oxygens (including phenoxy) is 2. The Morgan fingerprint density at radius 3 is 2.84 bits per heavy atom. The van der Waals surface area contributed by atoms with Crippen molar-refractivity contribution in [2.45, 2.75) is 0 Å². The minimum absolute atomic E-state index is 0.0818. The van der Waals surface area contributed by atoms with Gasteiger partial charge in [0.1, 0.15) is 24.0 Å². The van der Waals surface area contributed by atoms with E-state index in [-0.39, 0.29) is 24.5 Å². The summed E-state index contributed by atoms with van der Waals surface area (Å²) >= 11 is 3.15. The second-order valence-corrected chi connectivity index (χ2v) is 4.36. The van der Waals surface area contributed by atoms with Gasteiger partial charge in [-0.05, 0) is 39.7 Å². The lowest BCUT2D eigenvalue weighted by atomic mass is 10.1. The number of benzene rings is 1. The van der Waals surface area contributed by atoms with E-state index in [0.29, 0.717) is 10.0 Å². The van der Waals surface area contributed by atoms with E-state index in [1.165, 1.54) is 19.3 Å². The van der Waals surface area contributed by atoms with Gasteiger partial charge >= 0.3 is 5.97 Å². The van der Waals surface area contributed by atoms with Crippen LogP contribution in [0.3, 0.4) is 0 Å². The molecule has 100 valence electrons. The quantitative estimate of drug-likeness (QED) is 0.388. The van der Waals surface area contributed by atoms with E-state index in [1.807, 2.05) is 0 Å². The first-order valence-corrected chi connectivity index (χ1v) is 6.14. The summed E-state index contributed by atoms with van der Waals surface area (Å²) < 4.78 is 10.1. The van der Waals surface area contributed by atoms with Crippen molar-refractivity contribution < 1.29 is 19.4 Å². The topological polar surface area (TPSA) is 79.5 Å². The Labute approximate surface area is 119 Å². The molecule has 0 aromatic heterocycles. The molecule has 0 heterocycles. The molecule has 0 aliphatic carbocycles. The highest BCUT2D eigenvalue weighted by Gasteiger charge is 2.10. The van der Waals surface area contributed by atoms with Gasteiger partial charge in [0, 0.05) is 7.11 Å². The molecule has 0 radical (unpaired) electrons. The van der Waals surface area contributed by atoms with Crippen LogP contribution in [0.4, 0.5) is 0 Å². The molecule has 0 saturated heterocycles. The fourth-order valence-electron chi connectivity index (χ4n) is 1.21. The van der Waals surface area contributed by atoms with Gasteiger partial charge in [0.15, 0.2) is 0 Å². The van der Waals surface area contributed by atoms with E-state index in [4.69, 9.17) is 14.7 Å². The summed E-state index contributed by atoms with van der Waals surface area (Å²) in [7, 11) is 1.49. The maximum atomic E-state index is 11.6. The number of methoxy groups -OCH3 is 1. The molecular formula is C13H12BrNO4. The van der Waals surface area contributed by atoms with Crippen molar-refractivity contribution in [1.82, 2.24) is 0 Å². The van der Waals surface area contributed by atoms with Gasteiger partial charge in [-0.25, -0.2) is 4.79 Å². The molecule has 0 atom stereocenters. The summed E-state index contributed by atoms with van der Waals surface area (Å²) in [6, 6.07) is 6.41. The number of nitrogens with zero attached hydrogens (tertiary/aromatic N) is 1. The molecule has 0 amide bonds. The van der Waals surface area contributed by atoms with Crippen LogP contribution in [0.2, 0.25) is 0 Å². The Morgan fingerprint density at radius 2 is 2.26 bits per heavy atom. The molecule has 0 saturated carbocycles. The first-order chi connectivity index (χ1) is 9.08. The summed E-state index contributed by atoms with van der Waals surface area (Å²) in [5, 5.41) is 18.3. The van der Waals surface area contributed by atoms with E-state index in [9.17, 15) is 9.90 Å². The maximum absolute atomic E-state index is 11.6. The Morgan fingerprint density at radius 1 is 1.53 bits per heavy atom. The van der Waals surface area contributed by atoms with Crippen LogP contribution >= 0.6 is 15.9 Å². The third-order valence-electron chi connectivity index (χ3n) is 2.14. The molecule has 0 unspecified atom stereocenters. The molecule has 0 spiro atoms. The van der Waals surface area contributed by atoms with Crippen LogP contribution in [0.5, 0.6) is 5.75 Å². The predicted octanol–water partition coefficient (Wildman–Crippen LogP) is 2.25. The van der Waals surface area contributed by atoms with Gasteiger partial charge in [-0.2, -0.15) is 5.26 Å². The van der Waals surface area contributed by atoms with Gasteiger partial charge in [-0.1, -0.05) is 6.07 Å². The summed E-state index contributed by atoms with van der Waals surface area (Å²) in [6.45, 7) is 0.364. The number of nitriles is 1. The van der Waals surface area contributed by atoms with Crippen molar-refractivity contribution >= 4 is 28.0 Å². The zero-order chi connectivity index (χ0) is 14.3. The van der Waals surface area contributed by atoms with Gasteiger partial charge in [-0.3, -0.25) is 0 Å². The summed E-state index contributed by atoms with van der Waals surface area (Å²) in [5.74, 6) is -0.623. The predicted molar refractivity (Wildman–Crippen MR) is 72.2 cm³/mol. The number of aromatic hydroxyl groups is 1. The first kappa shape index (κ1) is 15.2.